The van der Waals surface area contributed by atoms with Crippen LogP contribution in [0.3, 0.4) is 0 Å². The highest BCUT2D eigenvalue weighted by Gasteiger charge is 2.34. The van der Waals surface area contributed by atoms with Gasteiger partial charge in [0.05, 0.1) is 11.1 Å². The van der Waals surface area contributed by atoms with Crippen LogP contribution >= 0.6 is 0 Å². The monoisotopic (exact) mass is 256 g/mol. The predicted octanol–water partition coefficient (Wildman–Crippen LogP) is 1.54. The molecule has 98 valence electrons. The molecule has 2 heterocycles. The molecule has 19 heavy (non-hydrogen) atoms. The van der Waals surface area contributed by atoms with Gasteiger partial charge in [-0.2, -0.15) is 0 Å². The summed E-state index contributed by atoms with van der Waals surface area (Å²) in [6.45, 7) is 2.37. The summed E-state index contributed by atoms with van der Waals surface area (Å²) in [6.07, 6.45) is 3.05. The molecule has 0 saturated carbocycles. The second-order valence-corrected chi connectivity index (χ2v) is 5.12. The molecule has 1 aromatic carbocycles. The molecule has 3 rings (SSSR count). The van der Waals surface area contributed by atoms with E-state index in [9.17, 15) is 9.59 Å². The number of hydrogen-bond donors (Lipinski definition) is 0. The fourth-order valence-electron chi connectivity index (χ4n) is 2.63. The Morgan fingerprint density at radius 1 is 1.16 bits per heavy atom. The van der Waals surface area contributed by atoms with Crippen molar-refractivity contribution in [1.29, 1.82) is 0 Å². The van der Waals surface area contributed by atoms with Crippen molar-refractivity contribution in [2.45, 2.75) is 6.42 Å². The Balaban J connectivity index is 1.78. The number of nitrogens with zero attached hydrogens (tertiary/aromatic N) is 2. The number of rotatable bonds is 2. The first kappa shape index (κ1) is 12.1. The lowest BCUT2D eigenvalue weighted by atomic mass is 10.1. The van der Waals surface area contributed by atoms with E-state index in [0.29, 0.717) is 17.7 Å². The predicted molar refractivity (Wildman–Crippen MR) is 72.0 cm³/mol. The Morgan fingerprint density at radius 3 is 2.32 bits per heavy atom. The van der Waals surface area contributed by atoms with Gasteiger partial charge in [0.1, 0.15) is 0 Å². The first-order valence-corrected chi connectivity index (χ1v) is 6.48. The smallest absolute Gasteiger partial charge is 0.261 e. The normalized spacial score (nSPS) is 21.5. The molecule has 4 nitrogen and oxygen atoms in total. The van der Waals surface area contributed by atoms with Crippen LogP contribution in [-0.2, 0) is 0 Å². The minimum atomic E-state index is -0.177. The molecule has 0 aromatic heterocycles. The highest BCUT2D eigenvalue weighted by atomic mass is 16.2. The van der Waals surface area contributed by atoms with Gasteiger partial charge in [-0.05, 0) is 25.6 Å². The van der Waals surface area contributed by atoms with Gasteiger partial charge in [0, 0.05) is 19.6 Å². The molecule has 0 N–H and O–H groups in total. The minimum absolute atomic E-state index is 0.177. The molecule has 2 amide bonds. The first-order chi connectivity index (χ1) is 9.16. The zero-order valence-electron chi connectivity index (χ0n) is 10.9. The van der Waals surface area contributed by atoms with Gasteiger partial charge in [-0.15, -0.1) is 0 Å². The van der Waals surface area contributed by atoms with Gasteiger partial charge in [0.2, 0.25) is 0 Å². The third-order valence-corrected chi connectivity index (χ3v) is 3.73. The number of hydrogen-bond acceptors (Lipinski definition) is 3. The van der Waals surface area contributed by atoms with Crippen molar-refractivity contribution in [3.8, 4) is 0 Å². The van der Waals surface area contributed by atoms with Crippen molar-refractivity contribution >= 4 is 11.8 Å². The van der Waals surface area contributed by atoms with Gasteiger partial charge in [0.25, 0.3) is 11.8 Å². The number of likely N-dealkylation sites (N-methyl/N-ethyl adjacent to an activating group) is 1. The van der Waals surface area contributed by atoms with E-state index in [1.54, 1.807) is 24.3 Å². The molecule has 1 aromatic rings. The standard InChI is InChI=1S/C15H16N2O2/c1-16-8-6-11(10-16)7-9-17-14(18)12-4-2-3-5-13(12)15(17)19/h2-5,7H,6,8-10H2,1H3/b11-7-. The summed E-state index contributed by atoms with van der Waals surface area (Å²) >= 11 is 0. The van der Waals surface area contributed by atoms with Crippen molar-refractivity contribution in [3.63, 3.8) is 0 Å². The van der Waals surface area contributed by atoms with Gasteiger partial charge in [-0.25, -0.2) is 0 Å². The average molecular weight is 256 g/mol. The summed E-state index contributed by atoms with van der Waals surface area (Å²) in [4.78, 5) is 27.8. The number of carbonyl (C=O) groups excluding carboxylic acids is 2. The van der Waals surface area contributed by atoms with E-state index in [1.165, 1.54) is 10.5 Å². The number of fused-ring (bicyclic) bond motifs is 1. The number of amides is 2. The number of carbonyl (C=O) groups is 2. The lowest BCUT2D eigenvalue weighted by Crippen LogP contribution is -2.30. The molecule has 2 aliphatic rings. The summed E-state index contributed by atoms with van der Waals surface area (Å²) in [5, 5.41) is 0. The van der Waals surface area contributed by atoms with Crippen LogP contribution in [0.5, 0.6) is 0 Å². The summed E-state index contributed by atoms with van der Waals surface area (Å²) in [6, 6.07) is 7.01. The van der Waals surface area contributed by atoms with Crippen molar-refractivity contribution in [3.05, 3.63) is 47.0 Å². The molecule has 0 spiro atoms. The third-order valence-electron chi connectivity index (χ3n) is 3.73. The summed E-state index contributed by atoms with van der Waals surface area (Å²) in [5.41, 5.74) is 2.35. The largest absolute Gasteiger partial charge is 0.302 e. The number of imide groups is 1. The van der Waals surface area contributed by atoms with Gasteiger partial charge in [-0.1, -0.05) is 23.8 Å². The molecule has 1 fully saturated rings. The molecule has 1 saturated heterocycles. The van der Waals surface area contributed by atoms with Crippen molar-refractivity contribution < 1.29 is 9.59 Å². The van der Waals surface area contributed by atoms with E-state index in [-0.39, 0.29) is 11.8 Å². The molecule has 0 radical (unpaired) electrons. The minimum Gasteiger partial charge on any atom is -0.302 e. The van der Waals surface area contributed by atoms with Crippen LogP contribution < -0.4 is 0 Å². The Morgan fingerprint density at radius 2 is 1.79 bits per heavy atom. The van der Waals surface area contributed by atoms with E-state index in [0.717, 1.165) is 19.5 Å². The second kappa shape index (κ2) is 4.63. The molecule has 0 atom stereocenters. The van der Waals surface area contributed by atoms with Gasteiger partial charge < -0.3 is 4.90 Å². The van der Waals surface area contributed by atoms with Crippen LogP contribution in [0.15, 0.2) is 35.9 Å². The van der Waals surface area contributed by atoms with Gasteiger partial charge >= 0.3 is 0 Å². The average Bonchev–Trinajstić information content (AvgIpc) is 2.93. The quantitative estimate of drug-likeness (QED) is 0.595. The summed E-state index contributed by atoms with van der Waals surface area (Å²) < 4.78 is 0. The van der Waals surface area contributed by atoms with E-state index >= 15 is 0 Å². The Kier molecular flexibility index (Phi) is 2.95. The van der Waals surface area contributed by atoms with Crippen LogP contribution in [0.25, 0.3) is 0 Å². The molecule has 2 aliphatic heterocycles. The van der Waals surface area contributed by atoms with Crippen LogP contribution in [0.4, 0.5) is 0 Å². The van der Waals surface area contributed by atoms with Crippen LogP contribution in [-0.4, -0.2) is 48.3 Å². The molecule has 0 bridgehead atoms. The molecular weight excluding hydrogens is 240 g/mol. The van der Waals surface area contributed by atoms with Crippen LogP contribution in [0.2, 0.25) is 0 Å². The molecule has 0 unspecified atom stereocenters. The number of likely N-dealkylation sites (tertiary alicyclic amines) is 1. The van der Waals surface area contributed by atoms with Crippen molar-refractivity contribution in [2.24, 2.45) is 0 Å². The fourth-order valence-corrected chi connectivity index (χ4v) is 2.63. The maximum absolute atomic E-state index is 12.1. The molecule has 4 heteroatoms. The van der Waals surface area contributed by atoms with Crippen molar-refractivity contribution in [1.82, 2.24) is 9.80 Å². The topological polar surface area (TPSA) is 40.6 Å². The maximum atomic E-state index is 12.1. The highest BCUT2D eigenvalue weighted by molar-refractivity contribution is 6.21. The molecule has 0 aliphatic carbocycles. The second-order valence-electron chi connectivity index (χ2n) is 5.12. The number of benzene rings is 1. The van der Waals surface area contributed by atoms with E-state index in [2.05, 4.69) is 11.9 Å². The van der Waals surface area contributed by atoms with E-state index < -0.39 is 0 Å². The Labute approximate surface area is 112 Å². The lowest BCUT2D eigenvalue weighted by molar-refractivity contribution is 0.0672. The van der Waals surface area contributed by atoms with Crippen LogP contribution in [0.1, 0.15) is 27.1 Å². The zero-order chi connectivity index (χ0) is 13.4. The van der Waals surface area contributed by atoms with Gasteiger partial charge in [-0.3, -0.25) is 14.5 Å². The molecular formula is C15H16N2O2. The zero-order valence-corrected chi connectivity index (χ0v) is 10.9. The Hall–Kier alpha value is -1.94. The van der Waals surface area contributed by atoms with E-state index in [1.807, 2.05) is 6.08 Å². The maximum Gasteiger partial charge on any atom is 0.261 e. The lowest BCUT2D eigenvalue weighted by Gasteiger charge is -2.11. The van der Waals surface area contributed by atoms with Crippen molar-refractivity contribution in [2.75, 3.05) is 26.7 Å². The third kappa shape index (κ3) is 2.08. The summed E-state index contributed by atoms with van der Waals surface area (Å²) in [7, 11) is 2.07. The van der Waals surface area contributed by atoms with E-state index in [4.69, 9.17) is 0 Å². The van der Waals surface area contributed by atoms with Gasteiger partial charge in [0.15, 0.2) is 0 Å². The fraction of sp³-hybridized carbons (Fsp3) is 0.333. The highest BCUT2D eigenvalue weighted by Crippen LogP contribution is 2.22. The summed E-state index contributed by atoms with van der Waals surface area (Å²) in [5.74, 6) is -0.354. The SMILES string of the molecule is CN1CC/C(=C/CN2C(=O)c3ccccc3C2=O)C1. The first-order valence-electron chi connectivity index (χ1n) is 6.48. The Bertz CT molecular complexity index is 542. The van der Waals surface area contributed by atoms with Crippen LogP contribution in [0, 0.1) is 0 Å².